The molecule has 1 unspecified atom stereocenters. The number of amides is 2. The number of nitrogens with one attached hydrogen (secondary N) is 1. The van der Waals surface area contributed by atoms with Crippen molar-refractivity contribution in [1.29, 1.82) is 0 Å². The topological polar surface area (TPSA) is 49.4 Å². The van der Waals surface area contributed by atoms with Crippen molar-refractivity contribution in [2.45, 2.75) is 26.3 Å². The van der Waals surface area contributed by atoms with Crippen LogP contribution in [0.15, 0.2) is 24.3 Å². The molecule has 5 heteroatoms. The maximum atomic E-state index is 12.8. The van der Waals surface area contributed by atoms with Gasteiger partial charge >= 0.3 is 0 Å². The van der Waals surface area contributed by atoms with Gasteiger partial charge in [0, 0.05) is 24.7 Å². The molecule has 2 rings (SSSR count). The van der Waals surface area contributed by atoms with Crippen LogP contribution in [0.3, 0.4) is 0 Å². The molecule has 1 aliphatic heterocycles. The molecule has 4 nitrogen and oxygen atoms in total. The van der Waals surface area contributed by atoms with Gasteiger partial charge in [-0.3, -0.25) is 9.59 Å². The van der Waals surface area contributed by atoms with E-state index in [1.165, 1.54) is 24.3 Å². The van der Waals surface area contributed by atoms with Gasteiger partial charge in [0.15, 0.2) is 0 Å². The summed E-state index contributed by atoms with van der Waals surface area (Å²) >= 11 is 0. The van der Waals surface area contributed by atoms with Crippen molar-refractivity contribution in [3.63, 3.8) is 0 Å². The van der Waals surface area contributed by atoms with E-state index in [0.29, 0.717) is 12.2 Å². The first kappa shape index (κ1) is 13.5. The van der Waals surface area contributed by atoms with E-state index in [0.717, 1.165) is 0 Å². The fraction of sp³-hybridized carbons (Fsp3) is 0.429. The maximum Gasteiger partial charge on any atom is 0.229 e. The number of rotatable bonds is 3. The van der Waals surface area contributed by atoms with E-state index in [-0.39, 0.29) is 36.0 Å². The Bertz CT molecular complexity index is 485. The lowest BCUT2D eigenvalue weighted by Crippen LogP contribution is -2.33. The fourth-order valence-electron chi connectivity index (χ4n) is 2.18. The van der Waals surface area contributed by atoms with Crippen molar-refractivity contribution in [3.8, 4) is 0 Å². The zero-order valence-electron chi connectivity index (χ0n) is 11.0. The van der Waals surface area contributed by atoms with Gasteiger partial charge in [0.25, 0.3) is 0 Å². The van der Waals surface area contributed by atoms with Crippen LogP contribution in [0.5, 0.6) is 0 Å². The van der Waals surface area contributed by atoms with Gasteiger partial charge in [-0.25, -0.2) is 4.39 Å². The van der Waals surface area contributed by atoms with Gasteiger partial charge in [-0.2, -0.15) is 0 Å². The highest BCUT2D eigenvalue weighted by molar-refractivity contribution is 5.97. The molecule has 0 aliphatic carbocycles. The number of carbonyl (C=O) groups excluding carboxylic acids is 2. The lowest BCUT2D eigenvalue weighted by atomic mass is 10.1. The average molecular weight is 264 g/mol. The lowest BCUT2D eigenvalue weighted by Gasteiger charge is -2.20. The second-order valence-corrected chi connectivity index (χ2v) is 5.04. The van der Waals surface area contributed by atoms with Gasteiger partial charge in [0.2, 0.25) is 11.8 Å². The molecule has 0 bridgehead atoms. The molecule has 0 spiro atoms. The van der Waals surface area contributed by atoms with Crippen molar-refractivity contribution in [2.24, 2.45) is 5.92 Å². The van der Waals surface area contributed by atoms with E-state index in [1.54, 1.807) is 4.90 Å². The lowest BCUT2D eigenvalue weighted by molar-refractivity contribution is -0.129. The van der Waals surface area contributed by atoms with E-state index in [2.05, 4.69) is 5.32 Å². The number of benzene rings is 1. The Morgan fingerprint density at radius 2 is 2.00 bits per heavy atom. The van der Waals surface area contributed by atoms with Crippen LogP contribution < -0.4 is 5.32 Å². The number of nitrogens with zero attached hydrogens (tertiary/aromatic N) is 1. The summed E-state index contributed by atoms with van der Waals surface area (Å²) in [5.74, 6) is -0.864. The highest BCUT2D eigenvalue weighted by Crippen LogP contribution is 2.21. The third-order valence-corrected chi connectivity index (χ3v) is 3.26. The smallest absolute Gasteiger partial charge is 0.229 e. The third kappa shape index (κ3) is 3.10. The fourth-order valence-corrected chi connectivity index (χ4v) is 2.18. The molecule has 0 saturated carbocycles. The standard InChI is InChI=1S/C14H17FN2O2/c1-9(2)17-8-10(7-13(17)18)14(19)16-12-5-3-11(15)4-6-12/h3-6,9-10H,7-8H2,1-2H3,(H,16,19). The van der Waals surface area contributed by atoms with Gasteiger partial charge in [0.1, 0.15) is 5.82 Å². The zero-order chi connectivity index (χ0) is 14.0. The highest BCUT2D eigenvalue weighted by Gasteiger charge is 2.35. The summed E-state index contributed by atoms with van der Waals surface area (Å²) in [6.45, 7) is 4.31. The predicted octanol–water partition coefficient (Wildman–Crippen LogP) is 2.02. The van der Waals surface area contributed by atoms with Crippen LogP contribution >= 0.6 is 0 Å². The molecule has 0 radical (unpaired) electrons. The van der Waals surface area contributed by atoms with Crippen LogP contribution in [-0.4, -0.2) is 29.3 Å². The molecule has 1 atom stereocenters. The van der Waals surface area contributed by atoms with E-state index in [9.17, 15) is 14.0 Å². The molecular weight excluding hydrogens is 247 g/mol. The highest BCUT2D eigenvalue weighted by atomic mass is 19.1. The van der Waals surface area contributed by atoms with Crippen LogP contribution in [0.4, 0.5) is 10.1 Å². The second-order valence-electron chi connectivity index (χ2n) is 5.04. The zero-order valence-corrected chi connectivity index (χ0v) is 11.0. The Labute approximate surface area is 111 Å². The molecule has 1 saturated heterocycles. The van der Waals surface area contributed by atoms with Gasteiger partial charge in [-0.15, -0.1) is 0 Å². The first-order valence-corrected chi connectivity index (χ1v) is 6.33. The van der Waals surface area contributed by atoms with Crippen LogP contribution in [-0.2, 0) is 9.59 Å². The van der Waals surface area contributed by atoms with Crippen LogP contribution in [0.2, 0.25) is 0 Å². The molecule has 1 fully saturated rings. The van der Waals surface area contributed by atoms with E-state index < -0.39 is 0 Å². The number of likely N-dealkylation sites (tertiary alicyclic amines) is 1. The van der Waals surface area contributed by atoms with Gasteiger partial charge in [0.05, 0.1) is 5.92 Å². The Morgan fingerprint density at radius 1 is 1.37 bits per heavy atom. The minimum atomic E-state index is -0.347. The summed E-state index contributed by atoms with van der Waals surface area (Å²) in [6.07, 6.45) is 0.241. The minimum Gasteiger partial charge on any atom is -0.339 e. The Hall–Kier alpha value is -1.91. The monoisotopic (exact) mass is 264 g/mol. The summed E-state index contributed by atoms with van der Waals surface area (Å²) < 4.78 is 12.8. The van der Waals surface area contributed by atoms with Crippen molar-refractivity contribution in [3.05, 3.63) is 30.1 Å². The summed E-state index contributed by atoms with van der Waals surface area (Å²) in [7, 11) is 0. The number of anilines is 1. The summed E-state index contributed by atoms with van der Waals surface area (Å²) in [5, 5.41) is 2.71. The third-order valence-electron chi connectivity index (χ3n) is 3.26. The summed E-state index contributed by atoms with van der Waals surface area (Å²) in [6, 6.07) is 5.69. The number of halogens is 1. The molecular formula is C14H17FN2O2. The average Bonchev–Trinajstić information content (AvgIpc) is 2.74. The van der Waals surface area contributed by atoms with Crippen LogP contribution in [0, 0.1) is 11.7 Å². The Morgan fingerprint density at radius 3 is 2.53 bits per heavy atom. The van der Waals surface area contributed by atoms with Crippen molar-refractivity contribution < 1.29 is 14.0 Å². The Kier molecular flexibility index (Phi) is 3.83. The molecule has 1 aromatic carbocycles. The summed E-state index contributed by atoms with van der Waals surface area (Å²) in [4.78, 5) is 25.5. The van der Waals surface area contributed by atoms with Gasteiger partial charge in [-0.1, -0.05) is 0 Å². The van der Waals surface area contributed by atoms with Gasteiger partial charge < -0.3 is 10.2 Å². The molecule has 2 amide bonds. The number of hydrogen-bond acceptors (Lipinski definition) is 2. The van der Waals surface area contributed by atoms with Crippen molar-refractivity contribution >= 4 is 17.5 Å². The molecule has 1 N–H and O–H groups in total. The first-order chi connectivity index (χ1) is 8.97. The molecule has 102 valence electrons. The SMILES string of the molecule is CC(C)N1CC(C(=O)Nc2ccc(F)cc2)CC1=O. The number of carbonyl (C=O) groups is 2. The normalized spacial score (nSPS) is 19.1. The maximum absolute atomic E-state index is 12.8. The number of hydrogen-bond donors (Lipinski definition) is 1. The largest absolute Gasteiger partial charge is 0.339 e. The first-order valence-electron chi connectivity index (χ1n) is 6.33. The molecule has 1 aromatic rings. The molecule has 1 aliphatic rings. The van der Waals surface area contributed by atoms with Crippen molar-refractivity contribution in [1.82, 2.24) is 4.90 Å². The van der Waals surface area contributed by atoms with Crippen LogP contribution in [0.1, 0.15) is 20.3 Å². The van der Waals surface area contributed by atoms with Crippen LogP contribution in [0.25, 0.3) is 0 Å². The van der Waals surface area contributed by atoms with Gasteiger partial charge in [-0.05, 0) is 38.1 Å². The minimum absolute atomic E-state index is 0.00857. The van der Waals surface area contributed by atoms with E-state index in [1.807, 2.05) is 13.8 Å². The molecule has 0 aromatic heterocycles. The second kappa shape index (κ2) is 5.38. The molecule has 1 heterocycles. The van der Waals surface area contributed by atoms with E-state index >= 15 is 0 Å². The summed E-state index contributed by atoms with van der Waals surface area (Å²) in [5.41, 5.74) is 0.543. The quantitative estimate of drug-likeness (QED) is 0.908. The predicted molar refractivity (Wildman–Crippen MR) is 70.0 cm³/mol. The Balaban J connectivity index is 1.98. The molecule has 19 heavy (non-hydrogen) atoms. The van der Waals surface area contributed by atoms with E-state index in [4.69, 9.17) is 0 Å². The van der Waals surface area contributed by atoms with Crippen molar-refractivity contribution in [2.75, 3.05) is 11.9 Å².